The van der Waals surface area contributed by atoms with E-state index in [2.05, 4.69) is 9.97 Å². The lowest BCUT2D eigenvalue weighted by Crippen LogP contribution is -2.49. The first-order valence-corrected chi connectivity index (χ1v) is 10.4. The van der Waals surface area contributed by atoms with Gasteiger partial charge in [0.25, 0.3) is 0 Å². The van der Waals surface area contributed by atoms with Crippen molar-refractivity contribution < 1.29 is 16.8 Å². The van der Waals surface area contributed by atoms with Crippen LogP contribution in [0.25, 0.3) is 0 Å². The smallest absolute Gasteiger partial charge is 0.243 e. The molecule has 1 aliphatic heterocycles. The maximum atomic E-state index is 12.7. The molecule has 11 heteroatoms. The minimum Gasteiger partial charge on any atom is -0.338 e. The van der Waals surface area contributed by atoms with Gasteiger partial charge in [-0.15, -0.1) is 0 Å². The molecule has 2 N–H and O–H groups in total. The predicted molar refractivity (Wildman–Crippen MR) is 90.8 cm³/mol. The molecule has 9 nitrogen and oxygen atoms in total. The van der Waals surface area contributed by atoms with Gasteiger partial charge in [-0.2, -0.15) is 4.31 Å². The lowest BCUT2D eigenvalue weighted by Gasteiger charge is -2.33. The van der Waals surface area contributed by atoms with Crippen LogP contribution >= 0.6 is 0 Å². The van der Waals surface area contributed by atoms with Crippen LogP contribution in [-0.2, 0) is 20.0 Å². The molecule has 0 unspecified atom stereocenters. The molecule has 0 aliphatic carbocycles. The number of benzene rings is 1. The van der Waals surface area contributed by atoms with Crippen LogP contribution in [0.2, 0.25) is 0 Å². The Balaban J connectivity index is 1.74. The SMILES string of the molecule is NS(=O)(=O)c1ccc(S(=O)(=O)N2CCN(c3ncccn3)CC2)cc1. The molecule has 0 radical (unpaired) electrons. The van der Waals surface area contributed by atoms with E-state index in [9.17, 15) is 16.8 Å². The molecule has 0 spiro atoms. The molecule has 0 amide bonds. The number of anilines is 1. The van der Waals surface area contributed by atoms with E-state index in [1.165, 1.54) is 28.6 Å². The maximum absolute atomic E-state index is 12.7. The zero-order valence-electron chi connectivity index (χ0n) is 13.2. The Labute approximate surface area is 146 Å². The summed E-state index contributed by atoms with van der Waals surface area (Å²) in [5.74, 6) is 0.567. The van der Waals surface area contributed by atoms with E-state index in [0.29, 0.717) is 19.0 Å². The molecule has 2 aromatic rings. The Morgan fingerprint density at radius 1 is 0.840 bits per heavy atom. The summed E-state index contributed by atoms with van der Waals surface area (Å²) in [5, 5.41) is 5.02. The van der Waals surface area contributed by atoms with Crippen molar-refractivity contribution >= 4 is 26.0 Å². The van der Waals surface area contributed by atoms with Gasteiger partial charge in [-0.3, -0.25) is 0 Å². The quantitative estimate of drug-likeness (QED) is 0.763. The second-order valence-corrected chi connectivity index (χ2v) is 8.96. The van der Waals surface area contributed by atoms with Gasteiger partial charge in [0.05, 0.1) is 9.79 Å². The highest BCUT2D eigenvalue weighted by Gasteiger charge is 2.29. The average Bonchev–Trinajstić information content (AvgIpc) is 2.62. The number of piperazine rings is 1. The Morgan fingerprint density at radius 2 is 1.36 bits per heavy atom. The molecule has 1 aliphatic rings. The molecular formula is C14H17N5O4S2. The third kappa shape index (κ3) is 3.79. The van der Waals surface area contributed by atoms with Gasteiger partial charge in [0.2, 0.25) is 26.0 Å². The molecule has 0 saturated carbocycles. The van der Waals surface area contributed by atoms with E-state index in [1.54, 1.807) is 18.5 Å². The maximum Gasteiger partial charge on any atom is 0.243 e. The number of nitrogens with zero attached hydrogens (tertiary/aromatic N) is 4. The number of hydrogen-bond donors (Lipinski definition) is 1. The lowest BCUT2D eigenvalue weighted by atomic mass is 10.4. The zero-order valence-corrected chi connectivity index (χ0v) is 14.8. The highest BCUT2D eigenvalue weighted by atomic mass is 32.2. The van der Waals surface area contributed by atoms with Crippen LogP contribution in [0.4, 0.5) is 5.95 Å². The molecule has 1 fully saturated rings. The van der Waals surface area contributed by atoms with E-state index in [4.69, 9.17) is 5.14 Å². The summed E-state index contributed by atoms with van der Waals surface area (Å²) in [4.78, 5) is 10.1. The average molecular weight is 383 g/mol. The monoisotopic (exact) mass is 383 g/mol. The summed E-state index contributed by atoms with van der Waals surface area (Å²) in [5.41, 5.74) is 0. The second-order valence-electron chi connectivity index (χ2n) is 5.46. The third-order valence-corrected chi connectivity index (χ3v) is 6.71. The van der Waals surface area contributed by atoms with Crippen LogP contribution in [-0.4, -0.2) is 57.3 Å². The molecule has 3 rings (SSSR count). The highest BCUT2D eigenvalue weighted by molar-refractivity contribution is 7.89. The second kappa shape index (κ2) is 6.67. The summed E-state index contributed by atoms with van der Waals surface area (Å²) in [7, 11) is -7.56. The molecule has 0 atom stereocenters. The van der Waals surface area contributed by atoms with Crippen LogP contribution in [0.1, 0.15) is 0 Å². The van der Waals surface area contributed by atoms with E-state index in [0.717, 1.165) is 0 Å². The Hall–Kier alpha value is -2.08. The number of primary sulfonamides is 1. The molecule has 134 valence electrons. The molecule has 1 aromatic heterocycles. The summed E-state index contributed by atoms with van der Waals surface area (Å²) in [6.45, 7) is 1.52. The summed E-state index contributed by atoms with van der Waals surface area (Å²) >= 11 is 0. The fourth-order valence-electron chi connectivity index (χ4n) is 2.53. The van der Waals surface area contributed by atoms with E-state index in [1.807, 2.05) is 4.90 Å². The van der Waals surface area contributed by atoms with Gasteiger partial charge in [0.15, 0.2) is 0 Å². The van der Waals surface area contributed by atoms with Crippen molar-refractivity contribution in [3.8, 4) is 0 Å². The minimum atomic E-state index is -3.86. The molecule has 1 saturated heterocycles. The first kappa shape index (κ1) is 17.7. The number of rotatable bonds is 4. The van der Waals surface area contributed by atoms with Crippen LogP contribution in [0.3, 0.4) is 0 Å². The van der Waals surface area contributed by atoms with E-state index < -0.39 is 20.0 Å². The third-order valence-electron chi connectivity index (χ3n) is 3.86. The first-order valence-electron chi connectivity index (χ1n) is 7.43. The summed E-state index contributed by atoms with van der Waals surface area (Å²) in [6, 6.07) is 6.60. The van der Waals surface area contributed by atoms with Gasteiger partial charge in [-0.05, 0) is 30.3 Å². The Morgan fingerprint density at radius 3 is 1.88 bits per heavy atom. The normalized spacial score (nSPS) is 16.8. The van der Waals surface area contributed by atoms with Crippen LogP contribution < -0.4 is 10.0 Å². The van der Waals surface area contributed by atoms with Gasteiger partial charge in [-0.1, -0.05) is 0 Å². The van der Waals surface area contributed by atoms with E-state index >= 15 is 0 Å². The molecule has 1 aromatic carbocycles. The number of aromatic nitrogens is 2. The Bertz CT molecular complexity index is 938. The molecular weight excluding hydrogens is 366 g/mol. The standard InChI is InChI=1S/C14H17N5O4S2/c15-24(20,21)12-2-4-13(5-3-12)25(22,23)19-10-8-18(9-11-19)14-16-6-1-7-17-14/h1-7H,8-11H2,(H2,15,20,21). The number of nitrogens with two attached hydrogens (primary N) is 1. The van der Waals surface area contributed by atoms with Crippen molar-refractivity contribution in [2.75, 3.05) is 31.1 Å². The van der Waals surface area contributed by atoms with Crippen LogP contribution in [0.15, 0.2) is 52.5 Å². The number of hydrogen-bond acceptors (Lipinski definition) is 7. The van der Waals surface area contributed by atoms with Crippen molar-refractivity contribution in [2.24, 2.45) is 5.14 Å². The first-order chi connectivity index (χ1) is 11.8. The fraction of sp³-hybridized carbons (Fsp3) is 0.286. The van der Waals surface area contributed by atoms with Crippen LogP contribution in [0, 0.1) is 0 Å². The van der Waals surface area contributed by atoms with Gasteiger partial charge >= 0.3 is 0 Å². The molecule has 2 heterocycles. The highest BCUT2D eigenvalue weighted by Crippen LogP contribution is 2.20. The number of sulfonamides is 2. The van der Waals surface area contributed by atoms with Gasteiger partial charge in [-0.25, -0.2) is 31.9 Å². The van der Waals surface area contributed by atoms with Gasteiger partial charge in [0, 0.05) is 38.6 Å². The Kier molecular flexibility index (Phi) is 4.73. The largest absolute Gasteiger partial charge is 0.338 e. The van der Waals surface area contributed by atoms with Crippen molar-refractivity contribution in [1.29, 1.82) is 0 Å². The fourth-order valence-corrected chi connectivity index (χ4v) is 4.47. The van der Waals surface area contributed by atoms with E-state index in [-0.39, 0.29) is 22.9 Å². The van der Waals surface area contributed by atoms with Crippen molar-refractivity contribution in [2.45, 2.75) is 9.79 Å². The lowest BCUT2D eigenvalue weighted by molar-refractivity contribution is 0.382. The molecule has 0 bridgehead atoms. The topological polar surface area (TPSA) is 127 Å². The van der Waals surface area contributed by atoms with Gasteiger partial charge in [0.1, 0.15) is 0 Å². The molecule has 25 heavy (non-hydrogen) atoms. The van der Waals surface area contributed by atoms with Crippen LogP contribution in [0.5, 0.6) is 0 Å². The predicted octanol–water partition coefficient (Wildman–Crippen LogP) is -0.365. The minimum absolute atomic E-state index is 0.0318. The van der Waals surface area contributed by atoms with Crippen molar-refractivity contribution in [3.63, 3.8) is 0 Å². The van der Waals surface area contributed by atoms with Crippen molar-refractivity contribution in [1.82, 2.24) is 14.3 Å². The zero-order chi connectivity index (χ0) is 18.1. The van der Waals surface area contributed by atoms with Gasteiger partial charge < -0.3 is 4.90 Å². The summed E-state index contributed by atoms with van der Waals surface area (Å²) < 4.78 is 49.3. The van der Waals surface area contributed by atoms with Crippen molar-refractivity contribution in [3.05, 3.63) is 42.7 Å². The summed E-state index contributed by atoms with van der Waals surface area (Å²) in [6.07, 6.45) is 3.27.